The average molecular weight is 485 g/mol. The van der Waals surface area contributed by atoms with Crippen molar-refractivity contribution in [3.05, 3.63) is 72.8 Å². The van der Waals surface area contributed by atoms with Crippen molar-refractivity contribution >= 4 is 39.1 Å². The van der Waals surface area contributed by atoms with Gasteiger partial charge in [0.05, 0.1) is 29.5 Å². The molecule has 0 saturated carbocycles. The third-order valence-corrected chi connectivity index (χ3v) is 7.76. The summed E-state index contributed by atoms with van der Waals surface area (Å²) in [4.78, 5) is 13.5. The van der Waals surface area contributed by atoms with E-state index in [1.165, 1.54) is 35.2 Å². The number of benzene rings is 3. The molecule has 1 amide bonds. The van der Waals surface area contributed by atoms with Crippen LogP contribution in [0.2, 0.25) is 0 Å². The Balaban J connectivity index is 1.40. The van der Waals surface area contributed by atoms with Crippen molar-refractivity contribution in [1.82, 2.24) is 0 Å². The molecular formula is C24H24N2O5S2. The zero-order valence-corrected chi connectivity index (χ0v) is 19.7. The molecule has 9 heteroatoms. The fraction of sp³-hybridized carbons (Fsp3) is 0.208. The lowest BCUT2D eigenvalue weighted by Crippen LogP contribution is -2.26. The van der Waals surface area contributed by atoms with Gasteiger partial charge in [0.1, 0.15) is 0 Å². The van der Waals surface area contributed by atoms with Gasteiger partial charge in [0, 0.05) is 24.1 Å². The molecule has 3 aromatic carbocycles. The third kappa shape index (κ3) is 5.61. The first-order valence-electron chi connectivity index (χ1n) is 10.4. The van der Waals surface area contributed by atoms with Gasteiger partial charge in [-0.1, -0.05) is 24.3 Å². The SMILES string of the molecule is CN(c1ccccc1)S(=O)(=O)c1cccc(NC(=O)CSc2ccc3c(c2)OCCCO3)c1. The van der Waals surface area contributed by atoms with Crippen molar-refractivity contribution in [3.8, 4) is 11.5 Å². The van der Waals surface area contributed by atoms with E-state index in [4.69, 9.17) is 9.47 Å². The van der Waals surface area contributed by atoms with Crippen molar-refractivity contribution in [2.24, 2.45) is 0 Å². The second-order valence-electron chi connectivity index (χ2n) is 7.33. The number of carbonyl (C=O) groups is 1. The maximum atomic E-state index is 13.0. The third-order valence-electron chi connectivity index (χ3n) is 4.98. The number of nitrogens with zero attached hydrogens (tertiary/aromatic N) is 1. The van der Waals surface area contributed by atoms with Crippen molar-refractivity contribution in [3.63, 3.8) is 0 Å². The number of rotatable bonds is 7. The molecule has 4 rings (SSSR count). The zero-order chi connectivity index (χ0) is 23.3. The number of hydrogen-bond acceptors (Lipinski definition) is 6. The fourth-order valence-corrected chi connectivity index (χ4v) is 5.21. The lowest BCUT2D eigenvalue weighted by atomic mass is 10.3. The number of hydrogen-bond donors (Lipinski definition) is 1. The van der Waals surface area contributed by atoms with E-state index in [1.54, 1.807) is 36.4 Å². The number of fused-ring (bicyclic) bond motifs is 1. The predicted molar refractivity (Wildman–Crippen MR) is 130 cm³/mol. The van der Waals surface area contributed by atoms with E-state index in [1.807, 2.05) is 24.3 Å². The Morgan fingerprint density at radius 2 is 1.73 bits per heavy atom. The van der Waals surface area contributed by atoms with E-state index in [9.17, 15) is 13.2 Å². The molecule has 0 aromatic heterocycles. The van der Waals surface area contributed by atoms with Crippen LogP contribution in [0.5, 0.6) is 11.5 Å². The molecule has 7 nitrogen and oxygen atoms in total. The van der Waals surface area contributed by atoms with Crippen LogP contribution in [0.3, 0.4) is 0 Å². The molecule has 0 atom stereocenters. The molecule has 1 N–H and O–H groups in total. The first kappa shape index (κ1) is 23.0. The molecular weight excluding hydrogens is 460 g/mol. The van der Waals surface area contributed by atoms with Crippen molar-refractivity contribution < 1.29 is 22.7 Å². The van der Waals surface area contributed by atoms with E-state index in [0.717, 1.165) is 11.3 Å². The van der Waals surface area contributed by atoms with E-state index in [2.05, 4.69) is 5.32 Å². The minimum Gasteiger partial charge on any atom is -0.490 e. The summed E-state index contributed by atoms with van der Waals surface area (Å²) in [5, 5.41) is 2.78. The Kier molecular flexibility index (Phi) is 7.10. The van der Waals surface area contributed by atoms with Gasteiger partial charge < -0.3 is 14.8 Å². The average Bonchev–Trinajstić information content (AvgIpc) is 3.08. The molecule has 0 fully saturated rings. The molecule has 1 heterocycles. The number of sulfonamides is 1. The lowest BCUT2D eigenvalue weighted by molar-refractivity contribution is -0.113. The first-order chi connectivity index (χ1) is 15.9. The summed E-state index contributed by atoms with van der Waals surface area (Å²) < 4.78 is 38.6. The summed E-state index contributed by atoms with van der Waals surface area (Å²) >= 11 is 1.37. The van der Waals surface area contributed by atoms with Crippen LogP contribution in [-0.2, 0) is 14.8 Å². The molecule has 0 aliphatic carbocycles. The Morgan fingerprint density at radius 3 is 2.52 bits per heavy atom. The Labute approximate surface area is 197 Å². The van der Waals surface area contributed by atoms with Gasteiger partial charge in [-0.05, 0) is 48.5 Å². The number of carbonyl (C=O) groups excluding carboxylic acids is 1. The topological polar surface area (TPSA) is 84.9 Å². The highest BCUT2D eigenvalue weighted by molar-refractivity contribution is 8.00. The predicted octanol–water partition coefficient (Wildman–Crippen LogP) is 4.40. The Bertz CT molecular complexity index is 1230. The molecule has 0 unspecified atom stereocenters. The van der Waals surface area contributed by atoms with Crippen molar-refractivity contribution in [1.29, 1.82) is 0 Å². The second kappa shape index (κ2) is 10.2. The van der Waals surface area contributed by atoms with Crippen LogP contribution >= 0.6 is 11.8 Å². The van der Waals surface area contributed by atoms with Crippen molar-refractivity contribution in [2.45, 2.75) is 16.2 Å². The molecule has 1 aliphatic rings. The van der Waals surface area contributed by atoms with Crippen LogP contribution in [0.4, 0.5) is 11.4 Å². The largest absolute Gasteiger partial charge is 0.490 e. The highest BCUT2D eigenvalue weighted by atomic mass is 32.2. The highest BCUT2D eigenvalue weighted by Gasteiger charge is 2.21. The molecule has 1 aliphatic heterocycles. The first-order valence-corrected chi connectivity index (χ1v) is 12.8. The Morgan fingerprint density at radius 1 is 0.970 bits per heavy atom. The molecule has 172 valence electrons. The van der Waals surface area contributed by atoms with Crippen LogP contribution in [0.25, 0.3) is 0 Å². The summed E-state index contributed by atoms with van der Waals surface area (Å²) in [5.74, 6) is 1.32. The van der Waals surface area contributed by atoms with Crippen LogP contribution in [0, 0.1) is 0 Å². The quantitative estimate of drug-likeness (QED) is 0.500. The standard InChI is InChI=1S/C24H24N2O5S2/c1-26(19-8-3-2-4-9-19)33(28,29)21-10-5-7-18(15-21)25-24(27)17-32-20-11-12-22-23(16-20)31-14-6-13-30-22/h2-5,7-12,15-16H,6,13-14,17H2,1H3,(H,25,27). The minimum atomic E-state index is -3.77. The van der Waals surface area contributed by atoms with Gasteiger partial charge in [-0.3, -0.25) is 9.10 Å². The maximum absolute atomic E-state index is 13.0. The van der Waals surface area contributed by atoms with Gasteiger partial charge in [-0.15, -0.1) is 11.8 Å². The number of nitrogens with one attached hydrogen (secondary N) is 1. The second-order valence-corrected chi connectivity index (χ2v) is 10.3. The van der Waals surface area contributed by atoms with Gasteiger partial charge in [-0.2, -0.15) is 0 Å². The summed E-state index contributed by atoms with van der Waals surface area (Å²) in [6.45, 7) is 1.22. The van der Waals surface area contributed by atoms with Gasteiger partial charge in [0.2, 0.25) is 5.91 Å². The summed E-state index contributed by atoms with van der Waals surface area (Å²) in [6.07, 6.45) is 0.829. The highest BCUT2D eigenvalue weighted by Crippen LogP contribution is 2.34. The molecule has 0 radical (unpaired) electrons. The minimum absolute atomic E-state index is 0.0993. The van der Waals surface area contributed by atoms with Gasteiger partial charge in [0.25, 0.3) is 10.0 Å². The number of anilines is 2. The molecule has 33 heavy (non-hydrogen) atoms. The van der Waals surface area contributed by atoms with E-state index in [0.29, 0.717) is 36.1 Å². The fourth-order valence-electron chi connectivity index (χ4n) is 3.25. The smallest absolute Gasteiger partial charge is 0.264 e. The Hall–Kier alpha value is -3.17. The molecule has 0 saturated heterocycles. The van der Waals surface area contributed by atoms with Crippen molar-refractivity contribution in [2.75, 3.05) is 35.6 Å². The van der Waals surface area contributed by atoms with E-state index in [-0.39, 0.29) is 16.6 Å². The van der Waals surface area contributed by atoms with Crippen LogP contribution < -0.4 is 19.1 Å². The number of para-hydroxylation sites is 1. The van der Waals surface area contributed by atoms with Crippen LogP contribution in [0.1, 0.15) is 6.42 Å². The summed E-state index contributed by atoms with van der Waals surface area (Å²) in [6, 6.07) is 20.7. The maximum Gasteiger partial charge on any atom is 0.264 e. The van der Waals surface area contributed by atoms with Crippen LogP contribution in [-0.4, -0.2) is 40.3 Å². The van der Waals surface area contributed by atoms with Crippen LogP contribution in [0.15, 0.2) is 82.6 Å². The normalized spacial score (nSPS) is 13.1. The molecule has 3 aromatic rings. The summed E-state index contributed by atoms with van der Waals surface area (Å²) in [7, 11) is -2.26. The number of ether oxygens (including phenoxy) is 2. The lowest BCUT2D eigenvalue weighted by Gasteiger charge is -2.19. The molecule has 0 bridgehead atoms. The number of thioether (sulfide) groups is 1. The van der Waals surface area contributed by atoms with Gasteiger partial charge in [-0.25, -0.2) is 8.42 Å². The van der Waals surface area contributed by atoms with E-state index < -0.39 is 10.0 Å². The summed E-state index contributed by atoms with van der Waals surface area (Å²) in [5.41, 5.74) is 0.972. The zero-order valence-electron chi connectivity index (χ0n) is 18.1. The molecule has 0 spiro atoms. The number of amides is 1. The van der Waals surface area contributed by atoms with Gasteiger partial charge in [0.15, 0.2) is 11.5 Å². The van der Waals surface area contributed by atoms with Gasteiger partial charge >= 0.3 is 0 Å². The van der Waals surface area contributed by atoms with E-state index >= 15 is 0 Å². The monoisotopic (exact) mass is 484 g/mol.